The molecule has 2 aromatic rings. The Morgan fingerprint density at radius 3 is 3.06 bits per heavy atom. The molecule has 1 saturated heterocycles. The number of hydrogen-bond acceptors (Lipinski definition) is 3. The summed E-state index contributed by atoms with van der Waals surface area (Å²) >= 11 is 0. The van der Waals surface area contributed by atoms with Gasteiger partial charge in [0.15, 0.2) is 12.1 Å². The van der Waals surface area contributed by atoms with Crippen LogP contribution in [0.1, 0.15) is 36.7 Å². The Labute approximate surface area is 106 Å². The maximum absolute atomic E-state index is 11.4. The van der Waals surface area contributed by atoms with Crippen LogP contribution < -0.4 is 4.90 Å². The zero-order valence-corrected chi connectivity index (χ0v) is 10.5. The summed E-state index contributed by atoms with van der Waals surface area (Å²) in [6.07, 6.45) is 6.42. The molecule has 0 saturated carbocycles. The molecule has 2 aromatic heterocycles. The minimum absolute atomic E-state index is 0.461. The topological polar surface area (TPSA) is 37.6 Å². The van der Waals surface area contributed by atoms with Gasteiger partial charge in [0.05, 0.1) is 0 Å². The summed E-state index contributed by atoms with van der Waals surface area (Å²) in [7, 11) is 0. The first-order valence-electron chi connectivity index (χ1n) is 6.50. The van der Waals surface area contributed by atoms with Crippen molar-refractivity contribution in [2.24, 2.45) is 0 Å². The van der Waals surface area contributed by atoms with Crippen molar-refractivity contribution in [2.75, 3.05) is 11.4 Å². The number of aromatic nitrogens is 2. The molecule has 1 aliphatic heterocycles. The van der Waals surface area contributed by atoms with Crippen molar-refractivity contribution < 1.29 is 4.79 Å². The first kappa shape index (κ1) is 11.3. The van der Waals surface area contributed by atoms with Crippen molar-refractivity contribution in [2.45, 2.75) is 32.2 Å². The van der Waals surface area contributed by atoms with Gasteiger partial charge in [0, 0.05) is 18.8 Å². The number of nitrogens with zero attached hydrogens (tertiary/aromatic N) is 3. The summed E-state index contributed by atoms with van der Waals surface area (Å²) in [6.45, 7) is 3.20. The smallest absolute Gasteiger partial charge is 0.170 e. The van der Waals surface area contributed by atoms with Crippen LogP contribution in [-0.2, 0) is 0 Å². The van der Waals surface area contributed by atoms with E-state index in [4.69, 9.17) is 0 Å². The summed E-state index contributed by atoms with van der Waals surface area (Å²) in [5, 5.41) is 0. The molecule has 0 aliphatic carbocycles. The maximum atomic E-state index is 11.4. The molecule has 3 heterocycles. The Morgan fingerprint density at radius 1 is 1.39 bits per heavy atom. The lowest BCUT2D eigenvalue weighted by molar-refractivity contribution is 0.111. The van der Waals surface area contributed by atoms with Crippen LogP contribution in [0.3, 0.4) is 0 Å². The van der Waals surface area contributed by atoms with Gasteiger partial charge in [-0.15, -0.1) is 0 Å². The van der Waals surface area contributed by atoms with E-state index in [2.05, 4.69) is 16.8 Å². The maximum Gasteiger partial charge on any atom is 0.170 e. The van der Waals surface area contributed by atoms with E-state index in [9.17, 15) is 4.79 Å². The first-order chi connectivity index (χ1) is 8.81. The van der Waals surface area contributed by atoms with E-state index in [1.807, 2.05) is 28.8 Å². The van der Waals surface area contributed by atoms with Gasteiger partial charge in [-0.2, -0.15) is 0 Å². The Hall–Kier alpha value is -1.84. The quantitative estimate of drug-likeness (QED) is 0.761. The molecule has 1 fully saturated rings. The predicted octanol–water partition coefficient (Wildman–Crippen LogP) is 2.53. The Kier molecular flexibility index (Phi) is 2.78. The van der Waals surface area contributed by atoms with E-state index in [1.165, 1.54) is 19.3 Å². The van der Waals surface area contributed by atoms with Crippen LogP contribution in [0, 0.1) is 0 Å². The second-order valence-corrected chi connectivity index (χ2v) is 4.91. The van der Waals surface area contributed by atoms with Crippen molar-refractivity contribution >= 4 is 17.8 Å². The summed E-state index contributed by atoms with van der Waals surface area (Å²) in [5.74, 6) is 0.836. The van der Waals surface area contributed by atoms with Crippen LogP contribution >= 0.6 is 0 Å². The van der Waals surface area contributed by atoms with Crippen molar-refractivity contribution in [3.05, 3.63) is 30.1 Å². The van der Waals surface area contributed by atoms with Gasteiger partial charge >= 0.3 is 0 Å². The number of rotatable bonds is 2. The molecule has 1 aliphatic rings. The minimum Gasteiger partial charge on any atom is -0.352 e. The molecule has 1 atom stereocenters. The van der Waals surface area contributed by atoms with Gasteiger partial charge in [-0.05, 0) is 38.3 Å². The molecular weight excluding hydrogens is 226 g/mol. The molecular formula is C14H17N3O. The number of fused-ring (bicyclic) bond motifs is 1. The third kappa shape index (κ3) is 1.68. The SMILES string of the molecule is CC1CCCCN1c1nc2ccccn2c1C=O. The molecule has 0 aromatic carbocycles. The van der Waals surface area contributed by atoms with Gasteiger partial charge in [-0.25, -0.2) is 4.98 Å². The van der Waals surface area contributed by atoms with E-state index in [-0.39, 0.29) is 0 Å². The summed E-state index contributed by atoms with van der Waals surface area (Å²) in [4.78, 5) is 18.2. The van der Waals surface area contributed by atoms with Crippen LogP contribution in [0.25, 0.3) is 5.65 Å². The number of pyridine rings is 1. The van der Waals surface area contributed by atoms with Crippen molar-refractivity contribution in [3.8, 4) is 0 Å². The van der Waals surface area contributed by atoms with Gasteiger partial charge in [-0.3, -0.25) is 9.20 Å². The standard InChI is InChI=1S/C14H17N3O/c1-11-6-2-4-8-16(11)14-12(10-18)17-9-5-3-7-13(17)15-14/h3,5,7,9-11H,2,4,6,8H2,1H3. The second-order valence-electron chi connectivity index (χ2n) is 4.91. The summed E-state index contributed by atoms with van der Waals surface area (Å²) in [5.41, 5.74) is 1.51. The molecule has 0 spiro atoms. The number of anilines is 1. The highest BCUT2D eigenvalue weighted by Crippen LogP contribution is 2.27. The van der Waals surface area contributed by atoms with E-state index >= 15 is 0 Å². The molecule has 94 valence electrons. The highest BCUT2D eigenvalue weighted by Gasteiger charge is 2.24. The van der Waals surface area contributed by atoms with Gasteiger partial charge in [-0.1, -0.05) is 6.07 Å². The second kappa shape index (κ2) is 4.44. The fraction of sp³-hybridized carbons (Fsp3) is 0.429. The van der Waals surface area contributed by atoms with Crippen molar-refractivity contribution in [3.63, 3.8) is 0 Å². The molecule has 3 rings (SSSR count). The predicted molar refractivity (Wildman–Crippen MR) is 71.2 cm³/mol. The van der Waals surface area contributed by atoms with E-state index in [1.54, 1.807) is 0 Å². The van der Waals surface area contributed by atoms with Gasteiger partial charge in [0.1, 0.15) is 11.3 Å². The molecule has 1 unspecified atom stereocenters. The number of hydrogen-bond donors (Lipinski definition) is 0. The Balaban J connectivity index is 2.12. The van der Waals surface area contributed by atoms with E-state index in [0.717, 1.165) is 24.3 Å². The van der Waals surface area contributed by atoms with Crippen LogP contribution in [0.15, 0.2) is 24.4 Å². The number of carbonyl (C=O) groups excluding carboxylic acids is 1. The lowest BCUT2D eigenvalue weighted by Crippen LogP contribution is -2.38. The molecule has 0 bridgehead atoms. The highest BCUT2D eigenvalue weighted by atomic mass is 16.1. The number of imidazole rings is 1. The van der Waals surface area contributed by atoms with Crippen LogP contribution in [0.4, 0.5) is 5.82 Å². The van der Waals surface area contributed by atoms with Crippen LogP contribution in [0.2, 0.25) is 0 Å². The van der Waals surface area contributed by atoms with Gasteiger partial charge < -0.3 is 4.90 Å². The fourth-order valence-corrected chi connectivity index (χ4v) is 2.74. The third-order valence-electron chi connectivity index (χ3n) is 3.73. The molecule has 0 amide bonds. The molecule has 18 heavy (non-hydrogen) atoms. The Morgan fingerprint density at radius 2 is 2.28 bits per heavy atom. The monoisotopic (exact) mass is 243 g/mol. The first-order valence-corrected chi connectivity index (χ1v) is 6.50. The number of piperidine rings is 1. The fourth-order valence-electron chi connectivity index (χ4n) is 2.74. The van der Waals surface area contributed by atoms with Crippen LogP contribution in [0.5, 0.6) is 0 Å². The zero-order valence-electron chi connectivity index (χ0n) is 10.5. The van der Waals surface area contributed by atoms with Crippen LogP contribution in [-0.4, -0.2) is 28.3 Å². The highest BCUT2D eigenvalue weighted by molar-refractivity contribution is 5.83. The summed E-state index contributed by atoms with van der Waals surface area (Å²) < 4.78 is 1.86. The van der Waals surface area contributed by atoms with Crippen molar-refractivity contribution in [1.82, 2.24) is 9.38 Å². The average molecular weight is 243 g/mol. The van der Waals surface area contributed by atoms with Gasteiger partial charge in [0.2, 0.25) is 0 Å². The third-order valence-corrected chi connectivity index (χ3v) is 3.73. The van der Waals surface area contributed by atoms with Crippen molar-refractivity contribution in [1.29, 1.82) is 0 Å². The molecule has 4 heteroatoms. The normalized spacial score (nSPS) is 20.3. The average Bonchev–Trinajstić information content (AvgIpc) is 2.77. The lowest BCUT2D eigenvalue weighted by atomic mass is 10.0. The van der Waals surface area contributed by atoms with E-state index in [0.29, 0.717) is 11.7 Å². The minimum atomic E-state index is 0.461. The largest absolute Gasteiger partial charge is 0.352 e. The zero-order chi connectivity index (χ0) is 12.5. The number of carbonyl (C=O) groups is 1. The van der Waals surface area contributed by atoms with Gasteiger partial charge in [0.25, 0.3) is 0 Å². The Bertz CT molecular complexity index is 575. The summed E-state index contributed by atoms with van der Waals surface area (Å²) in [6, 6.07) is 6.26. The molecule has 0 radical (unpaired) electrons. The van der Waals surface area contributed by atoms with E-state index < -0.39 is 0 Å². The molecule has 4 nitrogen and oxygen atoms in total. The molecule has 0 N–H and O–H groups in total. The number of aldehydes is 1. The lowest BCUT2D eigenvalue weighted by Gasteiger charge is -2.33.